The Morgan fingerprint density at radius 1 is 0.895 bits per heavy atom. The van der Waals surface area contributed by atoms with E-state index in [1.165, 1.54) is 5.56 Å². The van der Waals surface area contributed by atoms with Gasteiger partial charge in [-0.2, -0.15) is 0 Å². The van der Waals surface area contributed by atoms with Gasteiger partial charge in [0.15, 0.2) is 0 Å². The molecule has 0 spiro atoms. The molecule has 0 unspecified atom stereocenters. The van der Waals surface area contributed by atoms with Crippen LogP contribution in [0.4, 0.5) is 5.69 Å². The van der Waals surface area contributed by atoms with Crippen LogP contribution in [0.3, 0.4) is 0 Å². The number of piperazine rings is 1. The molecule has 2 nitrogen and oxygen atoms in total. The monoisotopic (exact) mass is 272 g/mol. The van der Waals surface area contributed by atoms with Crippen molar-refractivity contribution in [1.29, 1.82) is 0 Å². The van der Waals surface area contributed by atoms with Crippen molar-refractivity contribution in [2.45, 2.75) is 0 Å². The highest BCUT2D eigenvalue weighted by atomic mass is 35.5. The molecule has 0 radical (unpaired) electrons. The van der Waals surface area contributed by atoms with Gasteiger partial charge in [-0.15, -0.1) is 0 Å². The highest BCUT2D eigenvalue weighted by Gasteiger charge is 2.15. The zero-order chi connectivity index (χ0) is 13.1. The van der Waals surface area contributed by atoms with E-state index < -0.39 is 0 Å². The molecule has 0 bridgehead atoms. The standard InChI is InChI=1S/C16H17ClN2/c17-16-14(13-5-2-1-3-6-13)7-4-8-15(16)19-11-9-18-10-12-19/h1-8,18H,9-12H2. The molecule has 0 aliphatic carbocycles. The van der Waals surface area contributed by atoms with E-state index in [1.54, 1.807) is 0 Å². The molecule has 2 aromatic carbocycles. The molecule has 1 heterocycles. The van der Waals surface area contributed by atoms with Crippen LogP contribution in [0.5, 0.6) is 0 Å². The van der Waals surface area contributed by atoms with Gasteiger partial charge in [-0.1, -0.05) is 54.1 Å². The summed E-state index contributed by atoms with van der Waals surface area (Å²) in [6, 6.07) is 16.6. The molecule has 98 valence electrons. The van der Waals surface area contributed by atoms with E-state index in [0.29, 0.717) is 0 Å². The second kappa shape index (κ2) is 5.64. The van der Waals surface area contributed by atoms with Crippen molar-refractivity contribution in [1.82, 2.24) is 5.32 Å². The Bertz CT molecular complexity index is 548. The number of benzene rings is 2. The second-order valence-electron chi connectivity index (χ2n) is 4.74. The van der Waals surface area contributed by atoms with Crippen LogP contribution >= 0.6 is 11.6 Å². The summed E-state index contributed by atoms with van der Waals surface area (Å²) in [6.07, 6.45) is 0. The summed E-state index contributed by atoms with van der Waals surface area (Å²) in [6.45, 7) is 4.06. The highest BCUT2D eigenvalue weighted by Crippen LogP contribution is 2.35. The lowest BCUT2D eigenvalue weighted by Crippen LogP contribution is -2.43. The minimum absolute atomic E-state index is 0.857. The maximum Gasteiger partial charge on any atom is 0.0717 e. The smallest absolute Gasteiger partial charge is 0.0717 e. The van der Waals surface area contributed by atoms with Crippen molar-refractivity contribution >= 4 is 17.3 Å². The van der Waals surface area contributed by atoms with E-state index in [-0.39, 0.29) is 0 Å². The minimum Gasteiger partial charge on any atom is -0.368 e. The third-order valence-corrected chi connectivity index (χ3v) is 3.92. The first-order chi connectivity index (χ1) is 9.36. The first-order valence-corrected chi connectivity index (χ1v) is 7.03. The average molecular weight is 273 g/mol. The zero-order valence-corrected chi connectivity index (χ0v) is 11.5. The molecule has 2 aromatic rings. The van der Waals surface area contributed by atoms with Crippen molar-refractivity contribution < 1.29 is 0 Å². The quantitative estimate of drug-likeness (QED) is 0.901. The fourth-order valence-corrected chi connectivity index (χ4v) is 2.87. The van der Waals surface area contributed by atoms with Crippen LogP contribution in [0.15, 0.2) is 48.5 Å². The SMILES string of the molecule is Clc1c(-c2ccccc2)cccc1N1CCNCC1. The third-order valence-electron chi connectivity index (χ3n) is 3.52. The van der Waals surface area contributed by atoms with Crippen molar-refractivity contribution in [3.8, 4) is 11.1 Å². The summed E-state index contributed by atoms with van der Waals surface area (Å²) in [5, 5.41) is 4.22. The zero-order valence-electron chi connectivity index (χ0n) is 10.8. The predicted octanol–water partition coefficient (Wildman–Crippen LogP) is 3.42. The molecule has 3 heteroatoms. The molecule has 1 aliphatic rings. The van der Waals surface area contributed by atoms with Crippen LogP contribution < -0.4 is 10.2 Å². The van der Waals surface area contributed by atoms with Gasteiger partial charge in [0, 0.05) is 31.7 Å². The summed E-state index contributed by atoms with van der Waals surface area (Å²) < 4.78 is 0. The fraction of sp³-hybridized carbons (Fsp3) is 0.250. The van der Waals surface area contributed by atoms with Gasteiger partial charge in [0.2, 0.25) is 0 Å². The van der Waals surface area contributed by atoms with Gasteiger partial charge in [0.05, 0.1) is 10.7 Å². The van der Waals surface area contributed by atoms with Gasteiger partial charge >= 0.3 is 0 Å². The molecule has 0 amide bonds. The lowest BCUT2D eigenvalue weighted by Gasteiger charge is -2.30. The molecule has 1 aliphatic heterocycles. The Kier molecular flexibility index (Phi) is 3.72. The number of rotatable bonds is 2. The largest absolute Gasteiger partial charge is 0.368 e. The molecule has 3 rings (SSSR count). The van der Waals surface area contributed by atoms with E-state index in [0.717, 1.165) is 42.5 Å². The molecule has 19 heavy (non-hydrogen) atoms. The topological polar surface area (TPSA) is 15.3 Å². The summed E-state index contributed by atoms with van der Waals surface area (Å²) in [4.78, 5) is 2.35. The van der Waals surface area contributed by atoms with Crippen LogP contribution in [0.25, 0.3) is 11.1 Å². The Balaban J connectivity index is 1.99. The molecule has 1 fully saturated rings. The number of anilines is 1. The first-order valence-electron chi connectivity index (χ1n) is 6.66. The van der Waals surface area contributed by atoms with Gasteiger partial charge in [-0.3, -0.25) is 0 Å². The maximum absolute atomic E-state index is 6.61. The Hall–Kier alpha value is -1.51. The third kappa shape index (κ3) is 2.60. The van der Waals surface area contributed by atoms with Crippen LogP contribution in [0.2, 0.25) is 5.02 Å². The van der Waals surface area contributed by atoms with Crippen LogP contribution in [0, 0.1) is 0 Å². The van der Waals surface area contributed by atoms with Crippen LogP contribution in [-0.4, -0.2) is 26.2 Å². The summed E-state index contributed by atoms with van der Waals surface area (Å²) in [7, 11) is 0. The highest BCUT2D eigenvalue weighted by molar-refractivity contribution is 6.36. The summed E-state index contributed by atoms with van der Waals surface area (Å²) in [5.41, 5.74) is 3.42. The maximum atomic E-state index is 6.61. The molecular weight excluding hydrogens is 256 g/mol. The molecule has 1 saturated heterocycles. The summed E-state index contributed by atoms with van der Waals surface area (Å²) >= 11 is 6.61. The fourth-order valence-electron chi connectivity index (χ4n) is 2.51. The molecular formula is C16H17ClN2. The molecule has 0 aromatic heterocycles. The molecule has 1 N–H and O–H groups in total. The Labute approximate surface area is 119 Å². The van der Waals surface area contributed by atoms with Gasteiger partial charge in [-0.05, 0) is 11.6 Å². The van der Waals surface area contributed by atoms with Crippen molar-refractivity contribution in [3.05, 3.63) is 53.6 Å². The van der Waals surface area contributed by atoms with E-state index >= 15 is 0 Å². The second-order valence-corrected chi connectivity index (χ2v) is 5.12. The molecule has 0 atom stereocenters. The van der Waals surface area contributed by atoms with Crippen LogP contribution in [-0.2, 0) is 0 Å². The van der Waals surface area contributed by atoms with E-state index in [2.05, 4.69) is 40.5 Å². The van der Waals surface area contributed by atoms with Crippen LogP contribution in [0.1, 0.15) is 0 Å². The van der Waals surface area contributed by atoms with Gasteiger partial charge in [0.25, 0.3) is 0 Å². The first kappa shape index (κ1) is 12.5. The Morgan fingerprint density at radius 3 is 2.37 bits per heavy atom. The van der Waals surface area contributed by atoms with E-state index in [1.807, 2.05) is 18.2 Å². The normalized spacial score (nSPS) is 15.5. The lowest BCUT2D eigenvalue weighted by molar-refractivity contribution is 0.589. The number of nitrogens with one attached hydrogen (secondary N) is 1. The van der Waals surface area contributed by atoms with Gasteiger partial charge in [-0.25, -0.2) is 0 Å². The number of nitrogens with zero attached hydrogens (tertiary/aromatic N) is 1. The van der Waals surface area contributed by atoms with E-state index in [4.69, 9.17) is 11.6 Å². The average Bonchev–Trinajstić information content (AvgIpc) is 2.49. The van der Waals surface area contributed by atoms with Crippen molar-refractivity contribution in [3.63, 3.8) is 0 Å². The van der Waals surface area contributed by atoms with Crippen molar-refractivity contribution in [2.75, 3.05) is 31.1 Å². The predicted molar refractivity (Wildman–Crippen MR) is 82.0 cm³/mol. The lowest BCUT2D eigenvalue weighted by atomic mass is 10.0. The number of hydrogen-bond acceptors (Lipinski definition) is 2. The Morgan fingerprint density at radius 2 is 1.63 bits per heavy atom. The molecule has 0 saturated carbocycles. The summed E-state index contributed by atoms with van der Waals surface area (Å²) in [5.74, 6) is 0. The van der Waals surface area contributed by atoms with E-state index in [9.17, 15) is 0 Å². The van der Waals surface area contributed by atoms with Gasteiger partial charge in [0.1, 0.15) is 0 Å². The van der Waals surface area contributed by atoms with Crippen molar-refractivity contribution in [2.24, 2.45) is 0 Å². The minimum atomic E-state index is 0.857. The van der Waals surface area contributed by atoms with Gasteiger partial charge < -0.3 is 10.2 Å². The number of halogens is 1. The number of hydrogen-bond donors (Lipinski definition) is 1.